The largest absolute Gasteiger partial charge is 0.336 e. The van der Waals surface area contributed by atoms with Crippen LogP contribution in [0.15, 0.2) is 66.1 Å². The SMILES string of the molecule is O=C(c1ccc(-n2cncn2)cc1)N1CCN(S(=O)(=O)c2cccc(Cl)c2)CC1. The minimum absolute atomic E-state index is 0.130. The van der Waals surface area contributed by atoms with Gasteiger partial charge in [0.25, 0.3) is 5.91 Å². The van der Waals surface area contributed by atoms with Gasteiger partial charge in [-0.25, -0.2) is 18.1 Å². The highest BCUT2D eigenvalue weighted by Gasteiger charge is 2.30. The number of rotatable bonds is 4. The summed E-state index contributed by atoms with van der Waals surface area (Å²) in [6.07, 6.45) is 3.02. The highest BCUT2D eigenvalue weighted by molar-refractivity contribution is 7.89. The molecule has 150 valence electrons. The van der Waals surface area contributed by atoms with E-state index in [0.717, 1.165) is 5.69 Å². The molecule has 2 aromatic carbocycles. The van der Waals surface area contributed by atoms with Crippen LogP contribution in [0.2, 0.25) is 5.02 Å². The van der Waals surface area contributed by atoms with E-state index in [1.165, 1.54) is 22.8 Å². The average molecular weight is 432 g/mol. The second kappa shape index (κ2) is 7.94. The number of nitrogens with zero attached hydrogens (tertiary/aromatic N) is 5. The molecule has 3 aromatic rings. The van der Waals surface area contributed by atoms with Crippen LogP contribution in [-0.2, 0) is 10.0 Å². The maximum atomic E-state index is 12.8. The Morgan fingerprint density at radius 3 is 2.34 bits per heavy atom. The van der Waals surface area contributed by atoms with Crippen molar-refractivity contribution in [2.24, 2.45) is 0 Å². The van der Waals surface area contributed by atoms with Crippen LogP contribution in [0.3, 0.4) is 0 Å². The van der Waals surface area contributed by atoms with Gasteiger partial charge in [-0.05, 0) is 42.5 Å². The van der Waals surface area contributed by atoms with Gasteiger partial charge in [-0.15, -0.1) is 0 Å². The molecule has 0 N–H and O–H groups in total. The number of piperazine rings is 1. The molecular formula is C19H18ClN5O3S. The normalized spacial score (nSPS) is 15.4. The summed E-state index contributed by atoms with van der Waals surface area (Å²) >= 11 is 5.92. The number of halogens is 1. The van der Waals surface area contributed by atoms with Crippen LogP contribution in [0.4, 0.5) is 0 Å². The van der Waals surface area contributed by atoms with Crippen molar-refractivity contribution in [3.8, 4) is 5.69 Å². The van der Waals surface area contributed by atoms with Crippen molar-refractivity contribution >= 4 is 27.5 Å². The Morgan fingerprint density at radius 1 is 1.00 bits per heavy atom. The standard InChI is InChI=1S/C19H18ClN5O3S/c20-16-2-1-3-18(12-16)29(27,28)24-10-8-23(9-11-24)19(26)15-4-6-17(7-5-15)25-14-21-13-22-25/h1-7,12-14H,8-11H2. The van der Waals surface area contributed by atoms with E-state index in [-0.39, 0.29) is 23.9 Å². The molecule has 1 aliphatic heterocycles. The average Bonchev–Trinajstić information content (AvgIpc) is 3.28. The molecule has 0 saturated carbocycles. The predicted molar refractivity (Wildman–Crippen MR) is 107 cm³/mol. The summed E-state index contributed by atoms with van der Waals surface area (Å²) in [6.45, 7) is 1.11. The van der Waals surface area contributed by atoms with Gasteiger partial charge in [0.05, 0.1) is 10.6 Å². The van der Waals surface area contributed by atoms with Crippen molar-refractivity contribution in [1.82, 2.24) is 24.0 Å². The van der Waals surface area contributed by atoms with Gasteiger partial charge in [-0.1, -0.05) is 17.7 Å². The molecule has 0 spiro atoms. The molecule has 1 aromatic heterocycles. The summed E-state index contributed by atoms with van der Waals surface area (Å²) in [7, 11) is -3.63. The molecular weight excluding hydrogens is 414 g/mol. The molecule has 2 heterocycles. The summed E-state index contributed by atoms with van der Waals surface area (Å²) in [4.78, 5) is 18.5. The van der Waals surface area contributed by atoms with Crippen LogP contribution in [-0.4, -0.2) is 64.5 Å². The van der Waals surface area contributed by atoms with Gasteiger partial charge in [0.2, 0.25) is 10.0 Å². The number of amides is 1. The highest BCUT2D eigenvalue weighted by atomic mass is 35.5. The van der Waals surface area contributed by atoms with Crippen LogP contribution < -0.4 is 0 Å². The van der Waals surface area contributed by atoms with Crippen molar-refractivity contribution in [2.45, 2.75) is 4.90 Å². The molecule has 0 atom stereocenters. The number of sulfonamides is 1. The lowest BCUT2D eigenvalue weighted by atomic mass is 10.1. The first-order valence-electron chi connectivity index (χ1n) is 8.95. The summed E-state index contributed by atoms with van der Waals surface area (Å²) in [5.41, 5.74) is 1.34. The Kier molecular flexibility index (Phi) is 5.35. The topological polar surface area (TPSA) is 88.4 Å². The molecule has 1 fully saturated rings. The molecule has 10 heteroatoms. The molecule has 8 nitrogen and oxygen atoms in total. The van der Waals surface area contributed by atoms with E-state index in [0.29, 0.717) is 23.7 Å². The highest BCUT2D eigenvalue weighted by Crippen LogP contribution is 2.21. The minimum Gasteiger partial charge on any atom is -0.336 e. The Bertz CT molecular complexity index is 1110. The molecule has 1 aliphatic rings. The van der Waals surface area contributed by atoms with Crippen LogP contribution in [0.5, 0.6) is 0 Å². The monoisotopic (exact) mass is 431 g/mol. The molecule has 0 unspecified atom stereocenters. The van der Waals surface area contributed by atoms with Crippen LogP contribution in [0, 0.1) is 0 Å². The Morgan fingerprint density at radius 2 is 1.72 bits per heavy atom. The smallest absolute Gasteiger partial charge is 0.253 e. The fourth-order valence-corrected chi connectivity index (χ4v) is 4.91. The number of carbonyl (C=O) groups excluding carboxylic acids is 1. The molecule has 0 aliphatic carbocycles. The fraction of sp³-hybridized carbons (Fsp3) is 0.211. The molecule has 1 saturated heterocycles. The maximum absolute atomic E-state index is 12.8. The van der Waals surface area contributed by atoms with Crippen LogP contribution >= 0.6 is 11.6 Å². The quantitative estimate of drug-likeness (QED) is 0.631. The lowest BCUT2D eigenvalue weighted by Gasteiger charge is -2.34. The van der Waals surface area contributed by atoms with Crippen molar-refractivity contribution in [3.05, 3.63) is 71.8 Å². The second-order valence-corrected chi connectivity index (χ2v) is 8.91. The van der Waals surface area contributed by atoms with E-state index < -0.39 is 10.0 Å². The molecule has 4 rings (SSSR count). The number of benzene rings is 2. The lowest BCUT2D eigenvalue weighted by molar-refractivity contribution is 0.0698. The van der Waals surface area contributed by atoms with Gasteiger partial charge in [0, 0.05) is 36.8 Å². The van der Waals surface area contributed by atoms with Crippen molar-refractivity contribution in [2.75, 3.05) is 26.2 Å². The van der Waals surface area contributed by atoms with E-state index in [9.17, 15) is 13.2 Å². The first kappa shape index (κ1) is 19.6. The van der Waals surface area contributed by atoms with Crippen molar-refractivity contribution < 1.29 is 13.2 Å². The number of hydrogen-bond donors (Lipinski definition) is 0. The Labute approximate surface area is 173 Å². The van der Waals surface area contributed by atoms with Gasteiger partial charge in [-0.3, -0.25) is 4.79 Å². The van der Waals surface area contributed by atoms with Crippen molar-refractivity contribution in [3.63, 3.8) is 0 Å². The summed E-state index contributed by atoms with van der Waals surface area (Å²) in [5, 5.41) is 4.42. The zero-order valence-corrected chi connectivity index (χ0v) is 16.9. The first-order valence-corrected chi connectivity index (χ1v) is 10.8. The third-order valence-electron chi connectivity index (χ3n) is 4.76. The number of carbonyl (C=O) groups is 1. The van der Waals surface area contributed by atoms with Gasteiger partial charge in [0.1, 0.15) is 12.7 Å². The van der Waals surface area contributed by atoms with Crippen LogP contribution in [0.1, 0.15) is 10.4 Å². The molecule has 29 heavy (non-hydrogen) atoms. The molecule has 0 radical (unpaired) electrons. The van der Waals surface area contributed by atoms with E-state index in [1.807, 2.05) is 0 Å². The Balaban J connectivity index is 1.42. The van der Waals surface area contributed by atoms with Gasteiger partial charge < -0.3 is 4.90 Å². The minimum atomic E-state index is -3.63. The third kappa shape index (κ3) is 4.02. The van der Waals surface area contributed by atoms with E-state index in [1.54, 1.807) is 52.3 Å². The fourth-order valence-electron chi connectivity index (χ4n) is 3.19. The number of aromatic nitrogens is 3. The lowest BCUT2D eigenvalue weighted by Crippen LogP contribution is -2.50. The van der Waals surface area contributed by atoms with Gasteiger partial charge in [-0.2, -0.15) is 9.40 Å². The third-order valence-corrected chi connectivity index (χ3v) is 6.89. The summed E-state index contributed by atoms with van der Waals surface area (Å²) in [6, 6.07) is 13.2. The summed E-state index contributed by atoms with van der Waals surface area (Å²) < 4.78 is 28.6. The first-order chi connectivity index (χ1) is 13.9. The van der Waals surface area contributed by atoms with Gasteiger partial charge in [0.15, 0.2) is 0 Å². The van der Waals surface area contributed by atoms with E-state index in [4.69, 9.17) is 11.6 Å². The second-order valence-electron chi connectivity index (χ2n) is 6.54. The van der Waals surface area contributed by atoms with Gasteiger partial charge >= 0.3 is 0 Å². The summed E-state index contributed by atoms with van der Waals surface area (Å²) in [5.74, 6) is -0.130. The predicted octanol–water partition coefficient (Wildman–Crippen LogP) is 2.07. The Hall–Kier alpha value is -2.75. The van der Waals surface area contributed by atoms with E-state index >= 15 is 0 Å². The van der Waals surface area contributed by atoms with E-state index in [2.05, 4.69) is 10.1 Å². The molecule has 0 bridgehead atoms. The molecule has 1 amide bonds. The van der Waals surface area contributed by atoms with Crippen LogP contribution in [0.25, 0.3) is 5.69 Å². The number of hydrogen-bond acceptors (Lipinski definition) is 5. The maximum Gasteiger partial charge on any atom is 0.253 e. The zero-order chi connectivity index (χ0) is 20.4. The zero-order valence-electron chi connectivity index (χ0n) is 15.3. The van der Waals surface area contributed by atoms with Crippen molar-refractivity contribution in [1.29, 1.82) is 0 Å².